The van der Waals surface area contributed by atoms with Gasteiger partial charge in [-0.15, -0.1) is 0 Å². The van der Waals surface area contributed by atoms with Crippen molar-refractivity contribution < 1.29 is 5.11 Å². The van der Waals surface area contributed by atoms with Crippen molar-refractivity contribution in [1.82, 2.24) is 9.47 Å². The quantitative estimate of drug-likeness (QED) is 0.921. The van der Waals surface area contributed by atoms with Crippen molar-refractivity contribution in [3.05, 3.63) is 27.7 Å². The molecule has 1 aromatic heterocycles. The van der Waals surface area contributed by atoms with Crippen LogP contribution in [0.4, 0.5) is 0 Å². The third-order valence-electron chi connectivity index (χ3n) is 4.12. The normalized spacial score (nSPS) is 17.1. The fraction of sp³-hybridized carbons (Fsp3) is 0.688. The van der Waals surface area contributed by atoms with E-state index < -0.39 is 0 Å². The van der Waals surface area contributed by atoms with E-state index in [1.165, 1.54) is 31.7 Å². The number of aromatic nitrogens is 1. The van der Waals surface area contributed by atoms with E-state index in [1.54, 1.807) is 0 Å². The molecule has 112 valence electrons. The molecule has 1 aliphatic heterocycles. The van der Waals surface area contributed by atoms with Gasteiger partial charge in [0.25, 0.3) is 0 Å². The Morgan fingerprint density at radius 2 is 1.85 bits per heavy atom. The Morgan fingerprint density at radius 3 is 2.45 bits per heavy atom. The van der Waals surface area contributed by atoms with E-state index in [2.05, 4.69) is 16.4 Å². The van der Waals surface area contributed by atoms with Crippen LogP contribution in [0.25, 0.3) is 0 Å². The van der Waals surface area contributed by atoms with Gasteiger partial charge in [0.05, 0.1) is 5.69 Å². The molecule has 1 aromatic rings. The molecule has 1 N–H and O–H groups in total. The lowest BCUT2D eigenvalue weighted by Crippen LogP contribution is -2.28. The zero-order chi connectivity index (χ0) is 14.5. The van der Waals surface area contributed by atoms with Crippen molar-refractivity contribution in [2.24, 2.45) is 0 Å². The Hall–Kier alpha value is -1.29. The maximum atomic E-state index is 11.8. The highest BCUT2D eigenvalue weighted by molar-refractivity contribution is 5.29. The summed E-state index contributed by atoms with van der Waals surface area (Å²) in [6.07, 6.45) is 6.00. The number of pyridine rings is 1. The molecule has 0 aliphatic carbocycles. The number of hydrogen-bond donors (Lipinski definition) is 1. The standard InChI is InChI=1S/C16H26N2O2/c1-3-8-18-13(2)11-15(19)16(20)14(18)12-17-9-6-4-5-7-10-17/h11,20H,3-10,12H2,1-2H3. The van der Waals surface area contributed by atoms with Crippen molar-refractivity contribution in [3.8, 4) is 5.75 Å². The highest BCUT2D eigenvalue weighted by Crippen LogP contribution is 2.19. The molecule has 0 spiro atoms. The number of hydrogen-bond acceptors (Lipinski definition) is 3. The molecule has 0 aromatic carbocycles. The second kappa shape index (κ2) is 6.93. The minimum absolute atomic E-state index is 0.0618. The summed E-state index contributed by atoms with van der Waals surface area (Å²) in [5.74, 6) is -0.0618. The highest BCUT2D eigenvalue weighted by atomic mass is 16.3. The van der Waals surface area contributed by atoms with Crippen LogP contribution in [-0.4, -0.2) is 27.7 Å². The fourth-order valence-electron chi connectivity index (χ4n) is 3.02. The predicted octanol–water partition coefficient (Wildman–Crippen LogP) is 2.65. The van der Waals surface area contributed by atoms with Gasteiger partial charge in [-0.2, -0.15) is 0 Å². The van der Waals surface area contributed by atoms with E-state index in [4.69, 9.17) is 0 Å². The van der Waals surface area contributed by atoms with Gasteiger partial charge in [-0.3, -0.25) is 9.69 Å². The first-order chi connectivity index (χ1) is 9.63. The summed E-state index contributed by atoms with van der Waals surface area (Å²) in [5.41, 5.74) is 1.48. The van der Waals surface area contributed by atoms with Gasteiger partial charge in [0.2, 0.25) is 5.43 Å². The van der Waals surface area contributed by atoms with Crippen molar-refractivity contribution >= 4 is 0 Å². The first-order valence-corrected chi connectivity index (χ1v) is 7.78. The van der Waals surface area contributed by atoms with Crippen LogP contribution in [0.5, 0.6) is 5.75 Å². The monoisotopic (exact) mass is 278 g/mol. The van der Waals surface area contributed by atoms with Crippen LogP contribution < -0.4 is 5.43 Å². The average molecular weight is 278 g/mol. The molecule has 0 radical (unpaired) electrons. The Labute approximate surface area is 121 Å². The maximum Gasteiger partial charge on any atom is 0.223 e. The molecule has 0 amide bonds. The summed E-state index contributed by atoms with van der Waals surface area (Å²) in [7, 11) is 0. The predicted molar refractivity (Wildman–Crippen MR) is 81.1 cm³/mol. The number of aryl methyl sites for hydroxylation is 1. The molecular formula is C16H26N2O2. The largest absolute Gasteiger partial charge is 0.503 e. The third-order valence-corrected chi connectivity index (χ3v) is 4.12. The number of likely N-dealkylation sites (tertiary alicyclic amines) is 1. The minimum atomic E-state index is -0.250. The molecule has 1 fully saturated rings. The molecule has 0 bridgehead atoms. The van der Waals surface area contributed by atoms with Crippen molar-refractivity contribution in [3.63, 3.8) is 0 Å². The Bertz CT molecular complexity index is 500. The molecule has 0 unspecified atom stereocenters. The second-order valence-electron chi connectivity index (χ2n) is 5.79. The van der Waals surface area contributed by atoms with Crippen molar-refractivity contribution in [2.45, 2.75) is 59.0 Å². The van der Waals surface area contributed by atoms with Crippen LogP contribution in [0.15, 0.2) is 10.9 Å². The lowest BCUT2D eigenvalue weighted by Gasteiger charge is -2.24. The van der Waals surface area contributed by atoms with Gasteiger partial charge in [0, 0.05) is 24.8 Å². The van der Waals surface area contributed by atoms with Crippen LogP contribution in [0.3, 0.4) is 0 Å². The Kier molecular flexibility index (Phi) is 5.24. The fourth-order valence-corrected chi connectivity index (χ4v) is 3.02. The summed E-state index contributed by atoms with van der Waals surface area (Å²) >= 11 is 0. The van der Waals surface area contributed by atoms with Gasteiger partial charge in [-0.25, -0.2) is 0 Å². The van der Waals surface area contributed by atoms with Crippen LogP contribution in [0.1, 0.15) is 50.4 Å². The molecule has 0 saturated carbocycles. The molecule has 0 atom stereocenters. The molecule has 4 heteroatoms. The first kappa shape index (κ1) is 15.1. The smallest absolute Gasteiger partial charge is 0.223 e. The van der Waals surface area contributed by atoms with Gasteiger partial charge in [0.1, 0.15) is 0 Å². The van der Waals surface area contributed by atoms with Crippen molar-refractivity contribution in [1.29, 1.82) is 0 Å². The van der Waals surface area contributed by atoms with E-state index in [0.29, 0.717) is 6.54 Å². The number of aromatic hydroxyl groups is 1. The van der Waals surface area contributed by atoms with Gasteiger partial charge < -0.3 is 9.67 Å². The molecule has 20 heavy (non-hydrogen) atoms. The minimum Gasteiger partial charge on any atom is -0.503 e. The zero-order valence-electron chi connectivity index (χ0n) is 12.7. The van der Waals surface area contributed by atoms with Gasteiger partial charge in [0.15, 0.2) is 5.75 Å². The van der Waals surface area contributed by atoms with Crippen molar-refractivity contribution in [2.75, 3.05) is 13.1 Å². The van der Waals surface area contributed by atoms with Crippen LogP contribution in [-0.2, 0) is 13.1 Å². The second-order valence-corrected chi connectivity index (χ2v) is 5.79. The van der Waals surface area contributed by atoms with E-state index in [9.17, 15) is 9.90 Å². The molecule has 4 nitrogen and oxygen atoms in total. The number of rotatable bonds is 4. The van der Waals surface area contributed by atoms with E-state index in [-0.39, 0.29) is 11.2 Å². The summed E-state index contributed by atoms with van der Waals surface area (Å²) in [6, 6.07) is 1.54. The van der Waals surface area contributed by atoms with E-state index in [0.717, 1.165) is 37.4 Å². The summed E-state index contributed by atoms with van der Waals surface area (Å²) < 4.78 is 2.10. The maximum absolute atomic E-state index is 11.8. The van der Waals surface area contributed by atoms with Crippen LogP contribution in [0, 0.1) is 6.92 Å². The van der Waals surface area contributed by atoms with E-state index >= 15 is 0 Å². The topological polar surface area (TPSA) is 45.5 Å². The lowest BCUT2D eigenvalue weighted by atomic mass is 10.2. The molecule has 1 aliphatic rings. The van der Waals surface area contributed by atoms with Gasteiger partial charge in [-0.05, 0) is 39.3 Å². The average Bonchev–Trinajstić information content (AvgIpc) is 2.68. The Morgan fingerprint density at radius 1 is 1.20 bits per heavy atom. The van der Waals surface area contributed by atoms with E-state index in [1.807, 2.05) is 6.92 Å². The number of nitrogens with zero attached hydrogens (tertiary/aromatic N) is 2. The Balaban J connectivity index is 2.30. The van der Waals surface area contributed by atoms with Crippen LogP contribution in [0.2, 0.25) is 0 Å². The molecule has 2 heterocycles. The molecule has 1 saturated heterocycles. The van der Waals surface area contributed by atoms with Gasteiger partial charge >= 0.3 is 0 Å². The van der Waals surface area contributed by atoms with Gasteiger partial charge in [-0.1, -0.05) is 19.8 Å². The summed E-state index contributed by atoms with van der Waals surface area (Å²) in [6.45, 7) is 7.72. The molecule has 2 rings (SSSR count). The molecular weight excluding hydrogens is 252 g/mol. The summed E-state index contributed by atoms with van der Waals surface area (Å²) in [4.78, 5) is 14.2. The SMILES string of the molecule is CCCn1c(C)cc(=O)c(O)c1CN1CCCCCC1. The first-order valence-electron chi connectivity index (χ1n) is 7.78. The highest BCUT2D eigenvalue weighted by Gasteiger charge is 2.17. The third kappa shape index (κ3) is 3.42. The zero-order valence-corrected chi connectivity index (χ0v) is 12.7. The lowest BCUT2D eigenvalue weighted by molar-refractivity contribution is 0.262. The summed E-state index contributed by atoms with van der Waals surface area (Å²) in [5, 5.41) is 10.2. The van der Waals surface area contributed by atoms with Crippen LogP contribution >= 0.6 is 0 Å².